The summed E-state index contributed by atoms with van der Waals surface area (Å²) in [5.41, 5.74) is 1.12. The number of Topliss-reactive ketones (excluding diaryl/α,β-unsaturated/α-hetero) is 1. The first-order valence-corrected chi connectivity index (χ1v) is 5.24. The van der Waals surface area contributed by atoms with Crippen LogP contribution in [0, 0.1) is 11.8 Å². The summed E-state index contributed by atoms with van der Waals surface area (Å²) >= 11 is 5.87. The Morgan fingerprint density at radius 3 is 2.59 bits per heavy atom. The Morgan fingerprint density at radius 2 is 2.06 bits per heavy atom. The van der Waals surface area contributed by atoms with Crippen molar-refractivity contribution in [1.82, 2.24) is 0 Å². The lowest BCUT2D eigenvalue weighted by Gasteiger charge is -2.10. The molecule has 1 unspecified atom stereocenters. The van der Waals surface area contributed by atoms with Crippen molar-refractivity contribution >= 4 is 29.0 Å². The van der Waals surface area contributed by atoms with E-state index < -0.39 is 17.7 Å². The summed E-state index contributed by atoms with van der Waals surface area (Å²) in [6.45, 7) is 2.85. The fourth-order valence-corrected chi connectivity index (χ4v) is 1.43. The van der Waals surface area contributed by atoms with Gasteiger partial charge in [-0.15, -0.1) is 4.91 Å². The Kier molecular flexibility index (Phi) is 4.34. The lowest BCUT2D eigenvalue weighted by Crippen LogP contribution is -2.31. The summed E-state index contributed by atoms with van der Waals surface area (Å²) < 4.78 is 0. The van der Waals surface area contributed by atoms with Crippen LogP contribution in [0.2, 0.25) is 5.02 Å². The van der Waals surface area contributed by atoms with E-state index in [1.165, 1.54) is 0 Å². The van der Waals surface area contributed by atoms with Crippen LogP contribution in [-0.2, 0) is 9.59 Å². The number of hydrogen-bond donors (Lipinski definition) is 1. The number of benzene rings is 1. The molecule has 17 heavy (non-hydrogen) atoms. The van der Waals surface area contributed by atoms with Crippen LogP contribution >= 0.6 is 11.6 Å². The van der Waals surface area contributed by atoms with Crippen LogP contribution in [0.4, 0.5) is 5.69 Å². The second kappa shape index (κ2) is 5.54. The van der Waals surface area contributed by atoms with Gasteiger partial charge in [-0.2, -0.15) is 0 Å². The van der Waals surface area contributed by atoms with Crippen molar-refractivity contribution in [3.05, 3.63) is 33.7 Å². The first-order chi connectivity index (χ1) is 7.97. The summed E-state index contributed by atoms with van der Waals surface area (Å²) in [4.78, 5) is 32.9. The number of carbonyl (C=O) groups is 2. The second-order valence-electron chi connectivity index (χ2n) is 3.52. The van der Waals surface area contributed by atoms with E-state index >= 15 is 0 Å². The van der Waals surface area contributed by atoms with Gasteiger partial charge in [0.1, 0.15) is 0 Å². The Labute approximate surface area is 103 Å². The van der Waals surface area contributed by atoms with Gasteiger partial charge in [-0.05, 0) is 36.7 Å². The zero-order valence-corrected chi connectivity index (χ0v) is 10.1. The first kappa shape index (κ1) is 13.3. The lowest BCUT2D eigenvalue weighted by molar-refractivity contribution is -0.126. The van der Waals surface area contributed by atoms with Crippen LogP contribution < -0.4 is 5.32 Å². The second-order valence-corrected chi connectivity index (χ2v) is 3.93. The highest BCUT2D eigenvalue weighted by Gasteiger charge is 2.24. The highest BCUT2D eigenvalue weighted by Crippen LogP contribution is 2.23. The minimum absolute atomic E-state index is 0.456. The fourth-order valence-electron chi connectivity index (χ4n) is 1.25. The molecular weight excluding hydrogens is 244 g/mol. The van der Waals surface area contributed by atoms with E-state index in [2.05, 4.69) is 10.5 Å². The van der Waals surface area contributed by atoms with Gasteiger partial charge in [-0.25, -0.2) is 0 Å². The topological polar surface area (TPSA) is 75.6 Å². The summed E-state index contributed by atoms with van der Waals surface area (Å²) in [5.74, 6) is -1.35. The summed E-state index contributed by atoms with van der Waals surface area (Å²) in [5, 5.41) is 5.42. The van der Waals surface area contributed by atoms with Crippen molar-refractivity contribution < 1.29 is 9.59 Å². The third-order valence-electron chi connectivity index (χ3n) is 2.26. The Morgan fingerprint density at radius 1 is 1.41 bits per heavy atom. The first-order valence-electron chi connectivity index (χ1n) is 4.86. The van der Waals surface area contributed by atoms with Gasteiger partial charge < -0.3 is 5.32 Å². The largest absolute Gasteiger partial charge is 0.323 e. The third-order valence-corrected chi connectivity index (χ3v) is 2.67. The van der Waals surface area contributed by atoms with Gasteiger partial charge in [0, 0.05) is 10.7 Å². The van der Waals surface area contributed by atoms with Crippen molar-refractivity contribution in [2.45, 2.75) is 19.9 Å². The van der Waals surface area contributed by atoms with Gasteiger partial charge in [0.2, 0.25) is 6.04 Å². The number of carbonyl (C=O) groups excluding carboxylic acids is 2. The van der Waals surface area contributed by atoms with Gasteiger partial charge in [-0.1, -0.05) is 17.7 Å². The Balaban J connectivity index is 2.91. The van der Waals surface area contributed by atoms with E-state index in [-0.39, 0.29) is 0 Å². The minimum Gasteiger partial charge on any atom is -0.323 e. The van der Waals surface area contributed by atoms with E-state index in [1.807, 2.05) is 0 Å². The third kappa shape index (κ3) is 3.10. The molecule has 0 radical (unpaired) electrons. The van der Waals surface area contributed by atoms with Crippen LogP contribution in [0.25, 0.3) is 0 Å². The fraction of sp³-hybridized carbons (Fsp3) is 0.273. The molecule has 1 atom stereocenters. The summed E-state index contributed by atoms with van der Waals surface area (Å²) in [6.07, 6.45) is 0. The molecule has 1 rings (SSSR count). The van der Waals surface area contributed by atoms with E-state index in [1.54, 1.807) is 25.1 Å². The minimum atomic E-state index is -1.52. The van der Waals surface area contributed by atoms with Crippen LogP contribution in [0.5, 0.6) is 0 Å². The molecule has 0 bridgehead atoms. The van der Waals surface area contributed by atoms with Crippen LogP contribution in [0.15, 0.2) is 23.4 Å². The molecule has 1 N–H and O–H groups in total. The molecule has 0 aromatic heterocycles. The number of nitrogens with one attached hydrogen (secondary N) is 1. The molecule has 0 saturated carbocycles. The molecule has 0 fully saturated rings. The van der Waals surface area contributed by atoms with Crippen molar-refractivity contribution in [3.8, 4) is 0 Å². The van der Waals surface area contributed by atoms with Gasteiger partial charge >= 0.3 is 0 Å². The van der Waals surface area contributed by atoms with E-state index in [0.717, 1.165) is 6.92 Å². The van der Waals surface area contributed by atoms with Gasteiger partial charge in [-0.3, -0.25) is 9.59 Å². The summed E-state index contributed by atoms with van der Waals surface area (Å²) in [7, 11) is 0. The number of hydrogen-bond acceptors (Lipinski definition) is 4. The van der Waals surface area contributed by atoms with Gasteiger partial charge in [0.05, 0.1) is 0 Å². The zero-order valence-electron chi connectivity index (χ0n) is 9.36. The molecule has 0 saturated heterocycles. The number of anilines is 1. The van der Waals surface area contributed by atoms with Gasteiger partial charge in [0.15, 0.2) is 5.78 Å². The maximum atomic E-state index is 11.6. The molecule has 0 aliphatic rings. The molecule has 1 amide bonds. The van der Waals surface area contributed by atoms with Crippen LogP contribution in [0.3, 0.4) is 0 Å². The predicted octanol–water partition coefficient (Wildman–Crippen LogP) is 2.31. The Hall–Kier alpha value is -1.75. The van der Waals surface area contributed by atoms with Crippen LogP contribution in [-0.4, -0.2) is 17.7 Å². The molecule has 1 aromatic rings. The number of rotatable bonds is 4. The number of amides is 1. The normalized spacial score (nSPS) is 11.7. The zero-order chi connectivity index (χ0) is 13.0. The van der Waals surface area contributed by atoms with Crippen molar-refractivity contribution in [2.75, 3.05) is 5.32 Å². The lowest BCUT2D eigenvalue weighted by atomic mass is 10.1. The summed E-state index contributed by atoms with van der Waals surface area (Å²) in [6, 6.07) is 3.43. The maximum Gasteiger partial charge on any atom is 0.260 e. The number of halogens is 1. The number of nitrogens with zero attached hydrogens (tertiary/aromatic N) is 1. The quantitative estimate of drug-likeness (QED) is 0.662. The standard InChI is InChI=1S/C11H11ClN2O3/c1-6-8(12)4-3-5-9(6)13-11(16)10(14-17)7(2)15/h3-5,10H,1-2H3,(H,13,16). The predicted molar refractivity (Wildman–Crippen MR) is 65.1 cm³/mol. The molecule has 1 aromatic carbocycles. The Bertz CT molecular complexity index is 474. The monoisotopic (exact) mass is 254 g/mol. The molecule has 0 heterocycles. The maximum absolute atomic E-state index is 11.6. The van der Waals surface area contributed by atoms with E-state index in [9.17, 15) is 14.5 Å². The molecule has 0 aliphatic heterocycles. The van der Waals surface area contributed by atoms with Crippen LogP contribution in [0.1, 0.15) is 12.5 Å². The average molecular weight is 255 g/mol. The molecule has 0 aliphatic carbocycles. The van der Waals surface area contributed by atoms with Gasteiger partial charge in [0.25, 0.3) is 5.91 Å². The molecule has 0 spiro atoms. The smallest absolute Gasteiger partial charge is 0.260 e. The molecule has 6 heteroatoms. The molecule has 5 nitrogen and oxygen atoms in total. The highest BCUT2D eigenvalue weighted by molar-refractivity contribution is 6.31. The molecule has 90 valence electrons. The van der Waals surface area contributed by atoms with Crippen molar-refractivity contribution in [3.63, 3.8) is 0 Å². The average Bonchev–Trinajstić information content (AvgIpc) is 2.25. The SMILES string of the molecule is CC(=O)C(N=O)C(=O)Nc1cccc(Cl)c1C. The van der Waals surface area contributed by atoms with Crippen molar-refractivity contribution in [2.24, 2.45) is 5.18 Å². The van der Waals surface area contributed by atoms with E-state index in [0.29, 0.717) is 16.3 Å². The highest BCUT2D eigenvalue weighted by atomic mass is 35.5. The number of nitroso groups, excluding NO2 is 1. The van der Waals surface area contributed by atoms with Crippen molar-refractivity contribution in [1.29, 1.82) is 0 Å². The molecular formula is C11H11ClN2O3. The van der Waals surface area contributed by atoms with E-state index in [4.69, 9.17) is 11.6 Å². The number of ketones is 1.